The number of oxime groups is 1. The fourth-order valence-corrected chi connectivity index (χ4v) is 1.53. The zero-order valence-corrected chi connectivity index (χ0v) is 7.97. The first-order valence-corrected chi connectivity index (χ1v) is 5.34. The molecule has 12 heavy (non-hydrogen) atoms. The first-order chi connectivity index (χ1) is 5.88. The standard InChI is InChI=1S/C9H13NOS/c1-12-7-6-9(10-11)8-4-2-3-5-8/h2-4,11H,5-7H2,1H3/b10-9+. The molecule has 2 nitrogen and oxygen atoms in total. The lowest BCUT2D eigenvalue weighted by Crippen LogP contribution is -2.02. The lowest BCUT2D eigenvalue weighted by molar-refractivity contribution is 0.318. The van der Waals surface area contributed by atoms with E-state index in [1.807, 2.05) is 12.2 Å². The van der Waals surface area contributed by atoms with E-state index in [1.165, 1.54) is 0 Å². The third-order valence-corrected chi connectivity index (χ3v) is 2.42. The maximum Gasteiger partial charge on any atom is 0.0838 e. The van der Waals surface area contributed by atoms with Crippen molar-refractivity contribution in [2.24, 2.45) is 5.16 Å². The van der Waals surface area contributed by atoms with Crippen molar-refractivity contribution in [2.45, 2.75) is 12.8 Å². The number of hydrogen-bond donors (Lipinski definition) is 1. The molecule has 1 aliphatic rings. The second kappa shape index (κ2) is 5.04. The first kappa shape index (κ1) is 9.39. The summed E-state index contributed by atoms with van der Waals surface area (Å²) in [4.78, 5) is 0. The van der Waals surface area contributed by atoms with E-state index < -0.39 is 0 Å². The average molecular weight is 183 g/mol. The molecular weight excluding hydrogens is 170 g/mol. The fraction of sp³-hybridized carbons (Fsp3) is 0.444. The summed E-state index contributed by atoms with van der Waals surface area (Å²) in [5, 5.41) is 12.0. The van der Waals surface area contributed by atoms with Gasteiger partial charge in [0.25, 0.3) is 0 Å². The van der Waals surface area contributed by atoms with Gasteiger partial charge in [0.05, 0.1) is 5.71 Å². The summed E-state index contributed by atoms with van der Waals surface area (Å²) in [7, 11) is 0. The van der Waals surface area contributed by atoms with Crippen molar-refractivity contribution in [1.29, 1.82) is 0 Å². The van der Waals surface area contributed by atoms with Crippen LogP contribution in [0.2, 0.25) is 0 Å². The van der Waals surface area contributed by atoms with Gasteiger partial charge in [-0.1, -0.05) is 23.4 Å². The van der Waals surface area contributed by atoms with Crippen LogP contribution in [0.3, 0.4) is 0 Å². The van der Waals surface area contributed by atoms with Crippen LogP contribution in [0.5, 0.6) is 0 Å². The van der Waals surface area contributed by atoms with E-state index in [0.717, 1.165) is 29.9 Å². The van der Waals surface area contributed by atoms with Crippen molar-refractivity contribution >= 4 is 17.5 Å². The molecule has 0 aromatic carbocycles. The van der Waals surface area contributed by atoms with E-state index in [-0.39, 0.29) is 0 Å². The Kier molecular flexibility index (Phi) is 3.94. The molecule has 0 radical (unpaired) electrons. The van der Waals surface area contributed by atoms with Crippen LogP contribution in [0.15, 0.2) is 29.0 Å². The number of allylic oxidation sites excluding steroid dienone is 4. The van der Waals surface area contributed by atoms with Crippen LogP contribution in [0.25, 0.3) is 0 Å². The largest absolute Gasteiger partial charge is 0.411 e. The third kappa shape index (κ3) is 2.41. The molecule has 0 amide bonds. The van der Waals surface area contributed by atoms with E-state index >= 15 is 0 Å². The lowest BCUT2D eigenvalue weighted by Gasteiger charge is -2.02. The highest BCUT2D eigenvalue weighted by Gasteiger charge is 2.07. The van der Waals surface area contributed by atoms with Gasteiger partial charge < -0.3 is 5.21 Å². The van der Waals surface area contributed by atoms with Crippen LogP contribution in [0, 0.1) is 0 Å². The molecule has 0 spiro atoms. The summed E-state index contributed by atoms with van der Waals surface area (Å²) < 4.78 is 0. The predicted octanol–water partition coefficient (Wildman–Crippen LogP) is 2.46. The predicted molar refractivity (Wildman–Crippen MR) is 54.1 cm³/mol. The van der Waals surface area contributed by atoms with Crippen LogP contribution in [0.1, 0.15) is 12.8 Å². The maximum absolute atomic E-state index is 8.72. The SMILES string of the molecule is CSCC/C(=N\O)C1=CC=CC1. The number of rotatable bonds is 4. The smallest absolute Gasteiger partial charge is 0.0838 e. The molecule has 1 N–H and O–H groups in total. The Morgan fingerprint density at radius 2 is 2.58 bits per heavy atom. The molecule has 0 unspecified atom stereocenters. The Morgan fingerprint density at radius 1 is 1.75 bits per heavy atom. The molecule has 1 rings (SSSR count). The summed E-state index contributed by atoms with van der Waals surface area (Å²) in [5.74, 6) is 1.01. The van der Waals surface area contributed by atoms with Crippen molar-refractivity contribution in [3.8, 4) is 0 Å². The van der Waals surface area contributed by atoms with E-state index in [1.54, 1.807) is 11.8 Å². The van der Waals surface area contributed by atoms with E-state index in [4.69, 9.17) is 5.21 Å². The van der Waals surface area contributed by atoms with Crippen molar-refractivity contribution in [2.75, 3.05) is 12.0 Å². The normalized spacial score (nSPS) is 16.8. The van der Waals surface area contributed by atoms with Gasteiger partial charge in [-0.2, -0.15) is 11.8 Å². The summed E-state index contributed by atoms with van der Waals surface area (Å²) in [6.07, 6.45) is 9.89. The van der Waals surface area contributed by atoms with Crippen molar-refractivity contribution in [3.05, 3.63) is 23.8 Å². The Balaban J connectivity index is 2.46. The summed E-state index contributed by atoms with van der Waals surface area (Å²) in [6.45, 7) is 0. The molecular formula is C9H13NOS. The van der Waals surface area contributed by atoms with Gasteiger partial charge in [-0.15, -0.1) is 0 Å². The monoisotopic (exact) mass is 183 g/mol. The van der Waals surface area contributed by atoms with Crippen LogP contribution in [-0.4, -0.2) is 22.9 Å². The van der Waals surface area contributed by atoms with E-state index in [9.17, 15) is 0 Å². The topological polar surface area (TPSA) is 32.6 Å². The van der Waals surface area contributed by atoms with E-state index in [0.29, 0.717) is 0 Å². The molecule has 0 saturated heterocycles. The second-order valence-electron chi connectivity index (χ2n) is 2.61. The zero-order chi connectivity index (χ0) is 8.81. The molecule has 0 saturated carbocycles. The number of nitrogens with zero attached hydrogens (tertiary/aromatic N) is 1. The van der Waals surface area contributed by atoms with Crippen LogP contribution in [-0.2, 0) is 0 Å². The van der Waals surface area contributed by atoms with Gasteiger partial charge in [-0.3, -0.25) is 0 Å². The highest BCUT2D eigenvalue weighted by atomic mass is 32.2. The third-order valence-electron chi connectivity index (χ3n) is 1.81. The molecule has 0 aromatic rings. The molecule has 0 heterocycles. The van der Waals surface area contributed by atoms with Crippen LogP contribution in [0.4, 0.5) is 0 Å². The maximum atomic E-state index is 8.72. The minimum absolute atomic E-state index is 0.828. The molecule has 3 heteroatoms. The molecule has 0 bridgehead atoms. The summed E-state index contributed by atoms with van der Waals surface area (Å²) >= 11 is 1.76. The van der Waals surface area contributed by atoms with Gasteiger partial charge in [0.15, 0.2) is 0 Å². The summed E-state index contributed by atoms with van der Waals surface area (Å²) in [5.41, 5.74) is 1.97. The number of hydrogen-bond acceptors (Lipinski definition) is 3. The van der Waals surface area contributed by atoms with Gasteiger partial charge >= 0.3 is 0 Å². The molecule has 0 aromatic heterocycles. The Morgan fingerprint density at radius 3 is 3.08 bits per heavy atom. The van der Waals surface area contributed by atoms with Gasteiger partial charge in [0.1, 0.15) is 0 Å². The Hall–Kier alpha value is -0.700. The minimum Gasteiger partial charge on any atom is -0.411 e. The molecule has 66 valence electrons. The van der Waals surface area contributed by atoms with E-state index in [2.05, 4.69) is 17.5 Å². The van der Waals surface area contributed by atoms with Gasteiger partial charge in [-0.25, -0.2) is 0 Å². The Bertz CT molecular complexity index is 231. The first-order valence-electron chi connectivity index (χ1n) is 3.94. The van der Waals surface area contributed by atoms with Crippen molar-refractivity contribution < 1.29 is 5.21 Å². The average Bonchev–Trinajstić information content (AvgIpc) is 2.59. The molecule has 0 fully saturated rings. The Labute approximate surface area is 77.0 Å². The highest BCUT2D eigenvalue weighted by molar-refractivity contribution is 7.98. The highest BCUT2D eigenvalue weighted by Crippen LogP contribution is 2.15. The number of thioether (sulfide) groups is 1. The summed E-state index contributed by atoms with van der Waals surface area (Å²) in [6, 6.07) is 0. The zero-order valence-electron chi connectivity index (χ0n) is 7.16. The van der Waals surface area contributed by atoms with Crippen molar-refractivity contribution in [3.63, 3.8) is 0 Å². The van der Waals surface area contributed by atoms with Crippen LogP contribution < -0.4 is 0 Å². The fourth-order valence-electron chi connectivity index (χ4n) is 1.13. The minimum atomic E-state index is 0.828. The molecule has 0 atom stereocenters. The second-order valence-corrected chi connectivity index (χ2v) is 3.60. The van der Waals surface area contributed by atoms with Crippen LogP contribution >= 0.6 is 11.8 Å². The van der Waals surface area contributed by atoms with Gasteiger partial charge in [-0.05, 0) is 24.0 Å². The van der Waals surface area contributed by atoms with Crippen molar-refractivity contribution in [1.82, 2.24) is 0 Å². The lowest BCUT2D eigenvalue weighted by atomic mass is 10.1. The molecule has 1 aliphatic carbocycles. The van der Waals surface area contributed by atoms with Gasteiger partial charge in [0.2, 0.25) is 0 Å². The van der Waals surface area contributed by atoms with Gasteiger partial charge in [0, 0.05) is 6.42 Å². The quantitative estimate of drug-likeness (QED) is 0.412. The molecule has 0 aliphatic heterocycles.